The number of hydrogen-bond acceptors (Lipinski definition) is 0. The summed E-state index contributed by atoms with van der Waals surface area (Å²) in [4.78, 5) is 0. The number of hydrogen-bond donors (Lipinski definition) is 0. The summed E-state index contributed by atoms with van der Waals surface area (Å²) < 4.78 is 4.61. The van der Waals surface area contributed by atoms with Crippen molar-refractivity contribution in [2.75, 3.05) is 0 Å². The molecule has 4 aromatic carbocycles. The molecule has 0 aromatic heterocycles. The monoisotopic (exact) mass is 738 g/mol. The fraction of sp³-hybridized carbons (Fsp3) is 0.256. The number of halogens is 4. The molecule has 0 radical (unpaired) electrons. The van der Waals surface area contributed by atoms with Gasteiger partial charge in [-0.25, -0.2) is 0 Å². The molecule has 0 spiro atoms. The van der Waals surface area contributed by atoms with Crippen molar-refractivity contribution in [1.82, 2.24) is 0 Å². The van der Waals surface area contributed by atoms with E-state index in [0.29, 0.717) is 0 Å². The average Bonchev–Trinajstić information content (AvgIpc) is 3.58. The normalized spacial score (nSPS) is 13.4. The molecule has 0 aliphatic heterocycles. The van der Waals surface area contributed by atoms with E-state index in [-0.39, 0.29) is 35.6 Å². The van der Waals surface area contributed by atoms with Crippen LogP contribution in [0.3, 0.4) is 0 Å². The number of benzene rings is 4. The van der Waals surface area contributed by atoms with Gasteiger partial charge in [-0.3, -0.25) is 0 Å². The molecule has 4 aromatic rings. The minimum absolute atomic E-state index is 0. The molecular weight excluding hydrogens is 701 g/mol. The van der Waals surface area contributed by atoms with Crippen molar-refractivity contribution in [3.63, 3.8) is 0 Å². The standard InChI is InChI=1S/C21H25.C13H8Cl2.C5H5.2ClH.Zr/c1-20(2,3)16-9-7-14-11-15-8-10-17(21(4,5)6)13-19(15)18(14)12-16;14-12-5-1-3-10(8-12)7-11-4-2-6-13(15)9-11;1-2-4-5-3-1;;;/h7,9-10,12-13H,11H2,1-6H3;1-6,8-9H;1-3H,4H2;2*1H;. The molecule has 44 heavy (non-hydrogen) atoms. The van der Waals surface area contributed by atoms with E-state index in [9.17, 15) is 0 Å². The Labute approximate surface area is 293 Å². The smallest absolute Gasteiger partial charge is 0.147 e. The Hall–Kier alpha value is -1.73. The zero-order chi connectivity index (χ0) is 29.8. The van der Waals surface area contributed by atoms with Gasteiger partial charge in [-0.2, -0.15) is 0 Å². The maximum atomic E-state index is 6.66. The summed E-state index contributed by atoms with van der Waals surface area (Å²) >= 11 is 10.5. The molecule has 228 valence electrons. The molecule has 0 bridgehead atoms. The van der Waals surface area contributed by atoms with Crippen LogP contribution in [0, 0.1) is 0 Å². The van der Waals surface area contributed by atoms with Crippen molar-refractivity contribution in [1.29, 1.82) is 0 Å². The Morgan fingerprint density at radius 1 is 0.682 bits per heavy atom. The van der Waals surface area contributed by atoms with Crippen LogP contribution in [0.2, 0.25) is 10.0 Å². The Bertz CT molecular complexity index is 1770. The van der Waals surface area contributed by atoms with Crippen LogP contribution in [0.25, 0.3) is 11.1 Å². The van der Waals surface area contributed by atoms with Crippen molar-refractivity contribution >= 4 is 54.5 Å². The van der Waals surface area contributed by atoms with E-state index in [2.05, 4.69) is 127 Å². The van der Waals surface area contributed by atoms with E-state index < -0.39 is 21.3 Å². The van der Waals surface area contributed by atoms with Crippen LogP contribution >= 0.6 is 48.0 Å². The minimum atomic E-state index is -2.82. The Kier molecular flexibility index (Phi) is 10.8. The first kappa shape index (κ1) is 35.1. The second kappa shape index (κ2) is 13.6. The third kappa shape index (κ3) is 6.99. The SMILES string of the molecule is CC(C)(C)c1ccc2c(c1)-c1cc(C(C)(C)C)c[c]([Zr]([C]3=CC=CC3)=[C](c3cccc(Cl)c3)c3cccc(Cl)c3)c1C2.Cl.Cl. The largest absolute Gasteiger partial charge is 0.147 e. The summed E-state index contributed by atoms with van der Waals surface area (Å²) in [5.74, 6) is 0. The van der Waals surface area contributed by atoms with Gasteiger partial charge in [0.05, 0.1) is 0 Å². The van der Waals surface area contributed by atoms with Gasteiger partial charge in [0.25, 0.3) is 0 Å². The zero-order valence-corrected chi connectivity index (χ0v) is 31.8. The predicted molar refractivity (Wildman–Crippen MR) is 194 cm³/mol. The van der Waals surface area contributed by atoms with Gasteiger partial charge in [-0.15, -0.1) is 24.8 Å². The Morgan fingerprint density at radius 3 is 1.80 bits per heavy atom. The van der Waals surface area contributed by atoms with Crippen LogP contribution in [0.4, 0.5) is 0 Å². The van der Waals surface area contributed by atoms with Crippen LogP contribution in [-0.2, 0) is 38.5 Å². The van der Waals surface area contributed by atoms with Gasteiger partial charge < -0.3 is 0 Å². The quantitative estimate of drug-likeness (QED) is 0.172. The van der Waals surface area contributed by atoms with E-state index in [1.165, 1.54) is 47.7 Å². The summed E-state index contributed by atoms with van der Waals surface area (Å²) in [6, 6.07) is 29.2. The predicted octanol–water partition coefficient (Wildman–Crippen LogP) is 11.4. The molecule has 0 heterocycles. The molecule has 5 heteroatoms. The Balaban J connectivity index is 0.00000221. The van der Waals surface area contributed by atoms with Gasteiger partial charge in [0, 0.05) is 0 Å². The minimum Gasteiger partial charge on any atom is -0.147 e. The fourth-order valence-corrected chi connectivity index (χ4v) is 14.6. The van der Waals surface area contributed by atoms with Crippen LogP contribution in [-0.4, -0.2) is 3.21 Å². The summed E-state index contributed by atoms with van der Waals surface area (Å²) in [7, 11) is 0. The van der Waals surface area contributed by atoms with Crippen molar-refractivity contribution in [3.8, 4) is 11.1 Å². The van der Waals surface area contributed by atoms with E-state index in [0.717, 1.165) is 22.9 Å². The number of rotatable bonds is 4. The van der Waals surface area contributed by atoms with Crippen LogP contribution in [0.15, 0.2) is 100 Å². The first-order valence-corrected chi connectivity index (χ1v) is 19.3. The fourth-order valence-electron chi connectivity index (χ4n) is 6.24. The van der Waals surface area contributed by atoms with Crippen LogP contribution in [0.5, 0.6) is 0 Å². The molecule has 0 saturated carbocycles. The zero-order valence-electron chi connectivity index (χ0n) is 26.2. The molecule has 6 rings (SSSR count). The molecule has 0 saturated heterocycles. The van der Waals surface area contributed by atoms with Crippen molar-refractivity contribution in [3.05, 3.63) is 144 Å². The molecule has 0 atom stereocenters. The number of fused-ring (bicyclic) bond motifs is 3. The van der Waals surface area contributed by atoms with Gasteiger partial charge in [0.15, 0.2) is 0 Å². The first-order valence-electron chi connectivity index (χ1n) is 14.8. The molecule has 0 fully saturated rings. The van der Waals surface area contributed by atoms with E-state index in [1.54, 1.807) is 6.55 Å². The van der Waals surface area contributed by atoms with E-state index in [1.807, 2.05) is 12.1 Å². The topological polar surface area (TPSA) is 0 Å². The molecule has 0 unspecified atom stereocenters. The average molecular weight is 742 g/mol. The van der Waals surface area contributed by atoms with Gasteiger partial charge in [0.2, 0.25) is 0 Å². The second-order valence-electron chi connectivity index (χ2n) is 13.7. The maximum absolute atomic E-state index is 6.66. The summed E-state index contributed by atoms with van der Waals surface area (Å²) in [5.41, 5.74) is 11.2. The summed E-state index contributed by atoms with van der Waals surface area (Å²) in [5, 5.41) is 1.54. The molecule has 2 aliphatic carbocycles. The second-order valence-corrected chi connectivity index (χ2v) is 20.5. The summed E-state index contributed by atoms with van der Waals surface area (Å²) in [6.45, 7) is 14.0. The summed E-state index contributed by atoms with van der Waals surface area (Å²) in [6.07, 6.45) is 8.97. The third-order valence-electron chi connectivity index (χ3n) is 8.59. The van der Waals surface area contributed by atoms with Gasteiger partial charge in [0.1, 0.15) is 0 Å². The van der Waals surface area contributed by atoms with Gasteiger partial charge in [-0.1, -0.05) is 0 Å². The maximum Gasteiger partial charge on any atom is -0.147 e. The van der Waals surface area contributed by atoms with Crippen molar-refractivity contribution in [2.24, 2.45) is 0 Å². The van der Waals surface area contributed by atoms with Crippen molar-refractivity contribution in [2.45, 2.75) is 65.2 Å². The molecular formula is C39H40Cl4Zr. The third-order valence-corrected chi connectivity index (χ3v) is 16.6. The molecule has 2 aliphatic rings. The van der Waals surface area contributed by atoms with Gasteiger partial charge in [-0.05, 0) is 0 Å². The Morgan fingerprint density at radius 2 is 1.27 bits per heavy atom. The molecule has 0 amide bonds. The van der Waals surface area contributed by atoms with E-state index >= 15 is 0 Å². The molecule has 0 N–H and O–H groups in total. The molecule has 0 nitrogen and oxygen atoms in total. The number of allylic oxidation sites excluding steroid dienone is 4. The van der Waals surface area contributed by atoms with E-state index in [4.69, 9.17) is 23.2 Å². The van der Waals surface area contributed by atoms with Crippen LogP contribution < -0.4 is 3.27 Å². The first-order chi connectivity index (χ1) is 19.9. The van der Waals surface area contributed by atoms with Crippen LogP contribution in [0.1, 0.15) is 81.3 Å². The van der Waals surface area contributed by atoms with Crippen molar-refractivity contribution < 1.29 is 21.3 Å². The van der Waals surface area contributed by atoms with Gasteiger partial charge >= 0.3 is 271 Å².